The molecule has 0 amide bonds. The van der Waals surface area contributed by atoms with E-state index in [1.165, 1.54) is 0 Å². The lowest BCUT2D eigenvalue weighted by Crippen LogP contribution is -2.34. The summed E-state index contributed by atoms with van der Waals surface area (Å²) in [7, 11) is 0.131. The number of ether oxygens (including phenoxy) is 1. The molecule has 3 nitrogen and oxygen atoms in total. The molecule has 0 rings (SSSR count). The van der Waals surface area contributed by atoms with E-state index in [2.05, 4.69) is 20.8 Å². The normalized spacial score (nSPS) is 11.8. The van der Waals surface area contributed by atoms with Gasteiger partial charge in [0, 0.05) is 6.16 Å². The topological polar surface area (TPSA) is 43.4 Å². The molecule has 0 aliphatic carbocycles. The van der Waals surface area contributed by atoms with Gasteiger partial charge in [-0.1, -0.05) is 52.9 Å². The second-order valence-electron chi connectivity index (χ2n) is 5.58. The van der Waals surface area contributed by atoms with E-state index in [1.807, 2.05) is 0 Å². The first-order valence-electron chi connectivity index (χ1n) is 8.13. The minimum atomic E-state index is -0.406. The highest BCUT2D eigenvalue weighted by Crippen LogP contribution is 2.37. The molecule has 0 heterocycles. The van der Waals surface area contributed by atoms with Crippen LogP contribution in [0.4, 0.5) is 0 Å². The van der Waals surface area contributed by atoms with Gasteiger partial charge in [0.2, 0.25) is 0 Å². The number of hydrogen-bond donors (Lipinski definition) is 0. The van der Waals surface area contributed by atoms with Crippen LogP contribution in [-0.4, -0.2) is 18.7 Å². The Labute approximate surface area is 126 Å². The fraction of sp³-hybridized carbons (Fsp3) is 0.938. The number of carbonyl (C=O) groups excluding carboxylic acids is 1. The molecule has 0 saturated heterocycles. The van der Waals surface area contributed by atoms with E-state index in [9.17, 15) is 9.36 Å². The Balaban J connectivity index is 4.80. The third-order valence-corrected chi connectivity index (χ3v) is 4.27. The summed E-state index contributed by atoms with van der Waals surface area (Å²) < 4.78 is 16.3. The van der Waals surface area contributed by atoms with E-state index in [-0.39, 0.29) is 14.4 Å². The number of esters is 1. The second kappa shape index (κ2) is 12.3. The zero-order valence-electron chi connectivity index (χ0n) is 13.5. The molecule has 0 aromatic heterocycles. The Morgan fingerprint density at radius 2 is 1.50 bits per heavy atom. The quantitative estimate of drug-likeness (QED) is 0.261. The monoisotopic (exact) mass is 302 g/mol. The highest BCUT2D eigenvalue weighted by Gasteiger charge is 2.38. The van der Waals surface area contributed by atoms with Crippen molar-refractivity contribution in [2.45, 2.75) is 78.6 Å². The van der Waals surface area contributed by atoms with Crippen molar-refractivity contribution in [2.75, 3.05) is 12.8 Å². The maximum Gasteiger partial charge on any atom is 0.312 e. The van der Waals surface area contributed by atoms with Gasteiger partial charge in [-0.25, -0.2) is 0 Å². The van der Waals surface area contributed by atoms with Crippen molar-refractivity contribution in [1.82, 2.24) is 0 Å². The standard InChI is InChI=1S/C16H31O3P/c1-4-7-10-16(11-8-5-2,12-14-20-18)15(17)19-13-9-6-3/h4-14H2,1-3H3. The van der Waals surface area contributed by atoms with E-state index in [0.29, 0.717) is 19.2 Å². The van der Waals surface area contributed by atoms with Crippen molar-refractivity contribution in [3.8, 4) is 0 Å². The van der Waals surface area contributed by atoms with E-state index in [0.717, 1.165) is 51.4 Å². The predicted octanol–water partition coefficient (Wildman–Crippen LogP) is 5.38. The number of carbonyl (C=O) groups is 1. The summed E-state index contributed by atoms with van der Waals surface area (Å²) in [6.45, 7) is 6.88. The van der Waals surface area contributed by atoms with E-state index < -0.39 is 5.41 Å². The minimum absolute atomic E-state index is 0.0588. The van der Waals surface area contributed by atoms with Gasteiger partial charge in [-0.05, 0) is 25.7 Å². The van der Waals surface area contributed by atoms with Crippen LogP contribution >= 0.6 is 8.46 Å². The van der Waals surface area contributed by atoms with Crippen molar-refractivity contribution in [2.24, 2.45) is 5.41 Å². The zero-order valence-corrected chi connectivity index (χ0v) is 14.3. The summed E-state index contributed by atoms with van der Waals surface area (Å²) in [5.74, 6) is -0.0588. The van der Waals surface area contributed by atoms with E-state index in [4.69, 9.17) is 4.74 Å². The number of rotatable bonds is 13. The first-order valence-corrected chi connectivity index (χ1v) is 9.13. The van der Waals surface area contributed by atoms with Gasteiger partial charge in [0.1, 0.15) is 0 Å². The van der Waals surface area contributed by atoms with Gasteiger partial charge < -0.3 is 4.74 Å². The van der Waals surface area contributed by atoms with Crippen LogP contribution in [0.2, 0.25) is 0 Å². The average Bonchev–Trinajstić information content (AvgIpc) is 2.47. The molecule has 0 atom stereocenters. The molecule has 0 spiro atoms. The van der Waals surface area contributed by atoms with Crippen LogP contribution < -0.4 is 0 Å². The van der Waals surface area contributed by atoms with Crippen LogP contribution in [-0.2, 0) is 14.1 Å². The Morgan fingerprint density at radius 1 is 0.950 bits per heavy atom. The molecule has 0 fully saturated rings. The molecule has 0 bridgehead atoms. The van der Waals surface area contributed by atoms with Crippen molar-refractivity contribution in [3.63, 3.8) is 0 Å². The average molecular weight is 302 g/mol. The SMILES string of the molecule is CCCCOC(=O)C(CCCC)(CCCC)CCP=O. The predicted molar refractivity (Wildman–Crippen MR) is 84.4 cm³/mol. The Morgan fingerprint density at radius 3 is 1.95 bits per heavy atom. The molecule has 0 aromatic rings. The third kappa shape index (κ3) is 7.38. The fourth-order valence-electron chi connectivity index (χ4n) is 2.43. The van der Waals surface area contributed by atoms with Gasteiger partial charge in [0.15, 0.2) is 8.46 Å². The Kier molecular flexibility index (Phi) is 12.1. The van der Waals surface area contributed by atoms with Gasteiger partial charge in [-0.15, -0.1) is 0 Å². The molecule has 0 unspecified atom stereocenters. The van der Waals surface area contributed by atoms with Crippen LogP contribution in [0.25, 0.3) is 0 Å². The third-order valence-electron chi connectivity index (χ3n) is 3.86. The summed E-state index contributed by atoms with van der Waals surface area (Å²) in [4.78, 5) is 12.5. The van der Waals surface area contributed by atoms with Crippen molar-refractivity contribution in [3.05, 3.63) is 0 Å². The van der Waals surface area contributed by atoms with Crippen LogP contribution in [0, 0.1) is 5.41 Å². The van der Waals surface area contributed by atoms with Gasteiger partial charge in [0.05, 0.1) is 12.0 Å². The Hall–Kier alpha value is -0.430. The molecule has 0 aliphatic heterocycles. The van der Waals surface area contributed by atoms with Crippen LogP contribution in [0.5, 0.6) is 0 Å². The number of unbranched alkanes of at least 4 members (excludes halogenated alkanes) is 3. The zero-order chi connectivity index (χ0) is 15.3. The second-order valence-corrected chi connectivity index (χ2v) is 6.29. The van der Waals surface area contributed by atoms with Gasteiger partial charge in [0.25, 0.3) is 0 Å². The smallest absolute Gasteiger partial charge is 0.312 e. The lowest BCUT2D eigenvalue weighted by molar-refractivity contribution is -0.157. The van der Waals surface area contributed by atoms with E-state index in [1.54, 1.807) is 0 Å². The summed E-state index contributed by atoms with van der Waals surface area (Å²) >= 11 is 0. The van der Waals surface area contributed by atoms with Crippen molar-refractivity contribution in [1.29, 1.82) is 0 Å². The molecular formula is C16H31O3P. The van der Waals surface area contributed by atoms with Crippen LogP contribution in [0.1, 0.15) is 78.6 Å². The summed E-state index contributed by atoms with van der Waals surface area (Å²) in [6, 6.07) is 0. The molecule has 0 N–H and O–H groups in total. The highest BCUT2D eigenvalue weighted by atomic mass is 31.1. The first-order chi connectivity index (χ1) is 9.66. The highest BCUT2D eigenvalue weighted by molar-refractivity contribution is 7.23. The van der Waals surface area contributed by atoms with Crippen molar-refractivity contribution < 1.29 is 14.1 Å². The molecule has 4 heteroatoms. The summed E-state index contributed by atoms with van der Waals surface area (Å²) in [5, 5.41) is 0. The molecule has 118 valence electrons. The molecule has 0 radical (unpaired) electrons. The number of hydrogen-bond acceptors (Lipinski definition) is 3. The van der Waals surface area contributed by atoms with E-state index >= 15 is 0 Å². The molecular weight excluding hydrogens is 271 g/mol. The van der Waals surface area contributed by atoms with Crippen molar-refractivity contribution >= 4 is 14.4 Å². The largest absolute Gasteiger partial charge is 0.465 e. The van der Waals surface area contributed by atoms with Gasteiger partial charge in [-0.2, -0.15) is 0 Å². The summed E-state index contributed by atoms with van der Waals surface area (Å²) in [6.07, 6.45) is 9.13. The maximum absolute atomic E-state index is 12.5. The molecule has 0 aliphatic rings. The molecule has 0 saturated carbocycles. The lowest BCUT2D eigenvalue weighted by atomic mass is 9.76. The molecule has 20 heavy (non-hydrogen) atoms. The van der Waals surface area contributed by atoms with Crippen LogP contribution in [0.15, 0.2) is 0 Å². The van der Waals surface area contributed by atoms with Gasteiger partial charge in [-0.3, -0.25) is 9.36 Å². The summed E-state index contributed by atoms with van der Waals surface area (Å²) in [5.41, 5.74) is -0.406. The van der Waals surface area contributed by atoms with Gasteiger partial charge >= 0.3 is 5.97 Å². The lowest BCUT2D eigenvalue weighted by Gasteiger charge is -2.31. The Bertz CT molecular complexity index is 258. The maximum atomic E-state index is 12.5. The minimum Gasteiger partial charge on any atom is -0.465 e. The van der Waals surface area contributed by atoms with Crippen LogP contribution in [0.3, 0.4) is 0 Å². The fourth-order valence-corrected chi connectivity index (χ4v) is 2.95. The molecule has 0 aromatic carbocycles. The first kappa shape index (κ1) is 19.6.